The Morgan fingerprint density at radius 3 is 2.26 bits per heavy atom. The smallest absolute Gasteiger partial charge is 0.183 e. The highest BCUT2D eigenvalue weighted by Crippen LogP contribution is 2.42. The summed E-state index contributed by atoms with van der Waals surface area (Å²) in [5, 5.41) is 6.67. The highest BCUT2D eigenvalue weighted by atomic mass is 35.5. The number of rotatable bonds is 5. The van der Waals surface area contributed by atoms with Crippen LogP contribution in [0.15, 0.2) is 108 Å². The van der Waals surface area contributed by atoms with Crippen LogP contribution in [-0.2, 0) is 6.54 Å². The Kier molecular flexibility index (Phi) is 5.50. The summed E-state index contributed by atoms with van der Waals surface area (Å²) in [6.07, 6.45) is 3.38. The topological polar surface area (TPSA) is 61.2 Å². The van der Waals surface area contributed by atoms with Crippen LogP contribution in [0, 0.1) is 0 Å². The first-order valence-corrected chi connectivity index (χ1v) is 12.8. The molecule has 3 aromatic carbocycles. The van der Waals surface area contributed by atoms with E-state index in [9.17, 15) is 0 Å². The predicted molar refractivity (Wildman–Crippen MR) is 150 cm³/mol. The predicted octanol–water partition coefficient (Wildman–Crippen LogP) is 8.03. The van der Waals surface area contributed by atoms with Gasteiger partial charge in [0, 0.05) is 16.1 Å². The Labute approximate surface area is 227 Å². The zero-order valence-electron chi connectivity index (χ0n) is 19.9. The van der Waals surface area contributed by atoms with E-state index in [4.69, 9.17) is 42.7 Å². The molecule has 0 bridgehead atoms. The Hall–Kier alpha value is -4.39. The highest BCUT2D eigenvalue weighted by Gasteiger charge is 2.25. The van der Waals surface area contributed by atoms with E-state index in [1.54, 1.807) is 29.2 Å². The van der Waals surface area contributed by atoms with Gasteiger partial charge in [-0.05, 0) is 41.5 Å². The first-order chi connectivity index (χ1) is 18.7. The Morgan fingerprint density at radius 2 is 1.55 bits per heavy atom. The second-order valence-corrected chi connectivity index (χ2v) is 9.74. The fourth-order valence-corrected chi connectivity index (χ4v) is 5.41. The van der Waals surface area contributed by atoms with Crippen molar-refractivity contribution in [1.29, 1.82) is 0 Å². The number of nitrogens with zero attached hydrogens (tertiary/aromatic N) is 5. The summed E-state index contributed by atoms with van der Waals surface area (Å²) in [5.41, 5.74) is 6.34. The van der Waals surface area contributed by atoms with Crippen LogP contribution in [0.4, 0.5) is 0 Å². The van der Waals surface area contributed by atoms with Gasteiger partial charge in [-0.15, -0.1) is 5.10 Å². The molecule has 0 unspecified atom stereocenters. The van der Waals surface area contributed by atoms with Gasteiger partial charge in [0.05, 0.1) is 28.9 Å². The van der Waals surface area contributed by atoms with Crippen molar-refractivity contribution in [2.24, 2.45) is 0 Å². The summed E-state index contributed by atoms with van der Waals surface area (Å²) in [7, 11) is 0. The number of benzene rings is 3. The van der Waals surface area contributed by atoms with Gasteiger partial charge in [0.15, 0.2) is 11.5 Å². The lowest BCUT2D eigenvalue weighted by Gasteiger charge is -2.11. The molecule has 0 fully saturated rings. The normalized spacial score (nSPS) is 11.5. The van der Waals surface area contributed by atoms with Gasteiger partial charge in [-0.2, -0.15) is 0 Å². The molecule has 0 N–H and O–H groups in total. The molecule has 6 nitrogen and oxygen atoms in total. The fourth-order valence-electron chi connectivity index (χ4n) is 4.92. The summed E-state index contributed by atoms with van der Waals surface area (Å²) in [5.74, 6) is 1.33. The Bertz CT molecular complexity index is 1910. The van der Waals surface area contributed by atoms with Crippen LogP contribution in [-0.4, -0.2) is 24.1 Å². The van der Waals surface area contributed by atoms with Gasteiger partial charge < -0.3 is 8.98 Å². The molecule has 0 aliphatic rings. The monoisotopic (exact) mass is 535 g/mol. The average molecular weight is 536 g/mol. The molecule has 7 rings (SSSR count). The Balaban J connectivity index is 1.60. The van der Waals surface area contributed by atoms with E-state index in [0.29, 0.717) is 33.6 Å². The summed E-state index contributed by atoms with van der Waals surface area (Å²) < 4.78 is 9.66. The molecular formula is C30H19Cl2N5O. The molecule has 0 aliphatic carbocycles. The van der Waals surface area contributed by atoms with E-state index < -0.39 is 0 Å². The van der Waals surface area contributed by atoms with Crippen molar-refractivity contribution in [2.75, 3.05) is 0 Å². The van der Waals surface area contributed by atoms with E-state index in [1.165, 1.54) is 0 Å². The molecule has 38 heavy (non-hydrogen) atoms. The number of hydrogen-bond donors (Lipinski definition) is 0. The van der Waals surface area contributed by atoms with Crippen molar-refractivity contribution in [3.05, 3.63) is 119 Å². The van der Waals surface area contributed by atoms with Crippen LogP contribution >= 0.6 is 23.2 Å². The molecule has 4 aromatic heterocycles. The van der Waals surface area contributed by atoms with Crippen LogP contribution in [0.25, 0.3) is 50.5 Å². The fraction of sp³-hybridized carbons (Fsp3) is 0.0333. The molecule has 0 radical (unpaired) electrons. The molecule has 0 aliphatic heterocycles. The maximum Gasteiger partial charge on any atom is 0.183 e. The largest absolute Gasteiger partial charge is 0.467 e. The molecule has 0 spiro atoms. The van der Waals surface area contributed by atoms with Crippen molar-refractivity contribution in [3.8, 4) is 33.8 Å². The van der Waals surface area contributed by atoms with Gasteiger partial charge in [0.1, 0.15) is 17.7 Å². The second-order valence-electron chi connectivity index (χ2n) is 8.89. The van der Waals surface area contributed by atoms with Gasteiger partial charge in [-0.25, -0.2) is 14.5 Å². The molecule has 4 heterocycles. The third-order valence-corrected chi connectivity index (χ3v) is 7.10. The maximum absolute atomic E-state index is 6.52. The lowest BCUT2D eigenvalue weighted by Crippen LogP contribution is -2.03. The molecular weight excluding hydrogens is 517 g/mol. The van der Waals surface area contributed by atoms with Crippen molar-refractivity contribution < 1.29 is 4.42 Å². The standard InChI is InChI=1S/C30H19Cl2N5O/c31-21-13-14-23(24(32)16-21)28-34-30-26-25(19-8-3-1-4-9-19)27(20-10-5-2-6-11-20)36(17-22-12-7-15-38-22)29(26)33-18-37(30)35-28/h1-16,18H,17H2. The lowest BCUT2D eigenvalue weighted by atomic mass is 9.99. The summed E-state index contributed by atoms with van der Waals surface area (Å²) in [6, 6.07) is 29.8. The van der Waals surface area contributed by atoms with Gasteiger partial charge >= 0.3 is 0 Å². The highest BCUT2D eigenvalue weighted by molar-refractivity contribution is 6.36. The van der Waals surface area contributed by atoms with Crippen molar-refractivity contribution >= 4 is 39.9 Å². The minimum absolute atomic E-state index is 0.487. The zero-order valence-corrected chi connectivity index (χ0v) is 21.4. The quantitative estimate of drug-likeness (QED) is 0.224. The molecule has 0 saturated heterocycles. The van der Waals surface area contributed by atoms with Gasteiger partial charge in [0.2, 0.25) is 0 Å². The van der Waals surface area contributed by atoms with Crippen molar-refractivity contribution in [1.82, 2.24) is 24.1 Å². The third kappa shape index (κ3) is 3.77. The first-order valence-electron chi connectivity index (χ1n) is 12.0. The number of fused-ring (bicyclic) bond motifs is 3. The average Bonchev–Trinajstić information content (AvgIpc) is 3.68. The lowest BCUT2D eigenvalue weighted by molar-refractivity contribution is 0.497. The van der Waals surface area contributed by atoms with Gasteiger partial charge in [-0.1, -0.05) is 83.9 Å². The van der Waals surface area contributed by atoms with E-state index in [2.05, 4.69) is 28.8 Å². The van der Waals surface area contributed by atoms with Crippen LogP contribution in [0.5, 0.6) is 0 Å². The molecule has 8 heteroatoms. The van der Waals surface area contributed by atoms with Gasteiger partial charge in [-0.3, -0.25) is 0 Å². The molecule has 0 atom stereocenters. The second kappa shape index (κ2) is 9.17. The van der Waals surface area contributed by atoms with Crippen LogP contribution in [0.3, 0.4) is 0 Å². The first kappa shape index (κ1) is 22.8. The molecule has 0 saturated carbocycles. The molecule has 7 aromatic rings. The number of furan rings is 1. The minimum atomic E-state index is 0.487. The van der Waals surface area contributed by atoms with E-state index in [1.807, 2.05) is 54.6 Å². The van der Waals surface area contributed by atoms with E-state index >= 15 is 0 Å². The van der Waals surface area contributed by atoms with Crippen molar-refractivity contribution in [3.63, 3.8) is 0 Å². The number of aromatic nitrogens is 5. The molecule has 0 amide bonds. The Morgan fingerprint density at radius 1 is 0.789 bits per heavy atom. The SMILES string of the molecule is Clc1ccc(-c2nc3c4c(-c5ccccc5)c(-c5ccccc5)n(Cc5ccco5)c4ncn3n2)c(Cl)c1. The number of halogens is 2. The third-order valence-electron chi connectivity index (χ3n) is 6.56. The summed E-state index contributed by atoms with van der Waals surface area (Å²) in [6.45, 7) is 0.508. The van der Waals surface area contributed by atoms with E-state index in [0.717, 1.165) is 39.2 Å². The number of hydrogen-bond acceptors (Lipinski definition) is 4. The summed E-state index contributed by atoms with van der Waals surface area (Å²) in [4.78, 5) is 9.87. The van der Waals surface area contributed by atoms with Crippen LogP contribution < -0.4 is 0 Å². The van der Waals surface area contributed by atoms with Gasteiger partial charge in [0.25, 0.3) is 0 Å². The van der Waals surface area contributed by atoms with Crippen molar-refractivity contribution in [2.45, 2.75) is 6.54 Å². The summed E-state index contributed by atoms with van der Waals surface area (Å²) >= 11 is 12.7. The van der Waals surface area contributed by atoms with E-state index in [-0.39, 0.29) is 0 Å². The zero-order chi connectivity index (χ0) is 25.6. The minimum Gasteiger partial charge on any atom is -0.467 e. The van der Waals surface area contributed by atoms with Crippen LogP contribution in [0.2, 0.25) is 10.0 Å². The maximum atomic E-state index is 6.52. The molecule has 184 valence electrons. The van der Waals surface area contributed by atoms with Crippen LogP contribution in [0.1, 0.15) is 5.76 Å².